The first-order valence-corrected chi connectivity index (χ1v) is 14.4. The summed E-state index contributed by atoms with van der Waals surface area (Å²) in [6.45, 7) is 5.38. The fourth-order valence-electron chi connectivity index (χ4n) is 6.23. The Bertz CT molecular complexity index is 1110. The second-order valence-electron chi connectivity index (χ2n) is 11.2. The van der Waals surface area contributed by atoms with Crippen LogP contribution in [0.2, 0.25) is 0 Å². The van der Waals surface area contributed by atoms with Crippen LogP contribution in [0.25, 0.3) is 0 Å². The number of amides is 3. The largest absolute Gasteiger partial charge is 0.444 e. The van der Waals surface area contributed by atoms with Crippen LogP contribution in [0.5, 0.6) is 0 Å². The predicted molar refractivity (Wildman–Crippen MR) is 148 cm³/mol. The molecule has 0 spiro atoms. The molecule has 0 radical (unpaired) electrons. The van der Waals surface area contributed by atoms with Gasteiger partial charge >= 0.3 is 6.09 Å². The molecule has 1 atom stereocenters. The van der Waals surface area contributed by atoms with Gasteiger partial charge in [0.2, 0.25) is 11.8 Å². The van der Waals surface area contributed by atoms with Crippen molar-refractivity contribution in [2.24, 2.45) is 11.8 Å². The van der Waals surface area contributed by atoms with Crippen molar-refractivity contribution < 1.29 is 19.1 Å². The van der Waals surface area contributed by atoms with Gasteiger partial charge in [-0.3, -0.25) is 20.3 Å². The van der Waals surface area contributed by atoms with Crippen LogP contribution < -0.4 is 10.7 Å². The number of likely N-dealkylation sites (tertiary alicyclic amines) is 1. The van der Waals surface area contributed by atoms with Gasteiger partial charge in [-0.15, -0.1) is 0 Å². The monoisotopic (exact) mass is 532 g/mol. The Hall–Kier alpha value is -3.23. The summed E-state index contributed by atoms with van der Waals surface area (Å²) in [5.41, 5.74) is 6.18. The zero-order chi connectivity index (χ0) is 27.0. The number of hydrogen-bond donors (Lipinski definition) is 2. The highest BCUT2D eigenvalue weighted by atomic mass is 16.6. The molecule has 0 aromatic heterocycles. The number of hydrazine groups is 1. The first kappa shape index (κ1) is 27.3. The van der Waals surface area contributed by atoms with Gasteiger partial charge in [-0.1, -0.05) is 54.6 Å². The Labute approximate surface area is 231 Å². The number of nitrogens with one attached hydrogen (secondary N) is 2. The van der Waals surface area contributed by atoms with Gasteiger partial charge in [0.05, 0.1) is 5.92 Å². The maximum absolute atomic E-state index is 12.2. The topological polar surface area (TPSA) is 91.0 Å². The number of carbonyl (C=O) groups excluding carboxylic acids is 3. The molecular weight excluding hydrogens is 492 g/mol. The van der Waals surface area contributed by atoms with Crippen LogP contribution in [-0.4, -0.2) is 60.5 Å². The predicted octanol–water partition coefficient (Wildman–Crippen LogP) is 4.01. The third kappa shape index (κ3) is 7.67. The molecule has 3 aliphatic heterocycles. The van der Waals surface area contributed by atoms with Crippen LogP contribution in [0.15, 0.2) is 54.6 Å². The molecule has 0 bridgehead atoms. The molecule has 8 heteroatoms. The number of hydrogen-bond acceptors (Lipinski definition) is 6. The molecule has 208 valence electrons. The van der Waals surface area contributed by atoms with Crippen LogP contribution in [-0.2, 0) is 27.4 Å². The quantitative estimate of drug-likeness (QED) is 0.499. The van der Waals surface area contributed by atoms with E-state index < -0.39 is 0 Å². The lowest BCUT2D eigenvalue weighted by Gasteiger charge is -2.40. The standard InChI is InChI=1S/C31H40N4O4/c36-29-11-10-28(30(37)32-29)27-8-6-23(7-9-27)12-17-34-18-13-25(14-19-34)26-15-20-35(21-16-26)33-31(38)39-22-24-4-2-1-3-5-24/h1-9,25-26,28H,10-22H2,(H,33,38)(H,32,36,37). The molecular formula is C31H40N4O4. The van der Waals surface area contributed by atoms with Gasteiger partial charge in [0.1, 0.15) is 6.61 Å². The van der Waals surface area contributed by atoms with E-state index in [4.69, 9.17) is 4.74 Å². The van der Waals surface area contributed by atoms with E-state index in [1.54, 1.807) is 0 Å². The third-order valence-electron chi connectivity index (χ3n) is 8.64. The Balaban J connectivity index is 0.971. The van der Waals surface area contributed by atoms with Crippen molar-refractivity contribution in [3.8, 4) is 0 Å². The van der Waals surface area contributed by atoms with E-state index in [-0.39, 0.29) is 30.4 Å². The Morgan fingerprint density at radius 3 is 2.18 bits per heavy atom. The fraction of sp³-hybridized carbons (Fsp3) is 0.516. The number of ether oxygens (including phenoxy) is 1. The fourth-order valence-corrected chi connectivity index (χ4v) is 6.23. The average molecular weight is 533 g/mol. The summed E-state index contributed by atoms with van der Waals surface area (Å²) in [6, 6.07) is 18.1. The van der Waals surface area contributed by atoms with Crippen molar-refractivity contribution in [2.75, 3.05) is 32.7 Å². The van der Waals surface area contributed by atoms with Gasteiger partial charge in [-0.05, 0) is 80.1 Å². The van der Waals surface area contributed by atoms with Crippen LogP contribution in [0.4, 0.5) is 4.79 Å². The molecule has 2 N–H and O–H groups in total. The molecule has 3 fully saturated rings. The van der Waals surface area contributed by atoms with Crippen LogP contribution in [0, 0.1) is 11.8 Å². The van der Waals surface area contributed by atoms with E-state index in [1.165, 1.54) is 18.4 Å². The lowest BCUT2D eigenvalue weighted by atomic mass is 9.79. The van der Waals surface area contributed by atoms with Gasteiger partial charge in [0, 0.05) is 26.1 Å². The zero-order valence-electron chi connectivity index (χ0n) is 22.6. The van der Waals surface area contributed by atoms with Gasteiger partial charge in [-0.25, -0.2) is 9.80 Å². The minimum absolute atomic E-state index is 0.171. The normalized spacial score (nSPS) is 21.9. The SMILES string of the molecule is O=C1CCC(c2ccc(CCN3CCC(C4CCN(NC(=O)OCc5ccccc5)CC4)CC3)cc2)C(=O)N1. The Kier molecular flexibility index (Phi) is 9.27. The second kappa shape index (κ2) is 13.2. The summed E-state index contributed by atoms with van der Waals surface area (Å²) >= 11 is 0. The number of carbonyl (C=O) groups is 3. The number of nitrogens with zero attached hydrogens (tertiary/aromatic N) is 2. The van der Waals surface area contributed by atoms with Gasteiger partial charge in [-0.2, -0.15) is 0 Å². The van der Waals surface area contributed by atoms with Crippen LogP contribution in [0.1, 0.15) is 61.1 Å². The molecule has 39 heavy (non-hydrogen) atoms. The summed E-state index contributed by atoms with van der Waals surface area (Å²) in [4.78, 5) is 38.3. The molecule has 2 aromatic rings. The number of rotatable bonds is 8. The highest BCUT2D eigenvalue weighted by Crippen LogP contribution is 2.32. The summed E-state index contributed by atoms with van der Waals surface area (Å²) in [5.74, 6) is 0.930. The molecule has 3 amide bonds. The zero-order valence-corrected chi connectivity index (χ0v) is 22.6. The van der Waals surface area contributed by atoms with E-state index in [0.29, 0.717) is 12.8 Å². The van der Waals surface area contributed by atoms with E-state index in [2.05, 4.69) is 27.8 Å². The molecule has 3 saturated heterocycles. The van der Waals surface area contributed by atoms with Crippen molar-refractivity contribution in [2.45, 2.75) is 57.5 Å². The molecule has 0 saturated carbocycles. The molecule has 0 aliphatic carbocycles. The smallest absolute Gasteiger partial charge is 0.422 e. The molecule has 3 heterocycles. The minimum atomic E-state index is -0.378. The van der Waals surface area contributed by atoms with Crippen molar-refractivity contribution in [3.05, 3.63) is 71.3 Å². The Morgan fingerprint density at radius 1 is 0.846 bits per heavy atom. The van der Waals surface area contributed by atoms with Crippen molar-refractivity contribution in [1.29, 1.82) is 0 Å². The molecule has 5 rings (SSSR count). The van der Waals surface area contributed by atoms with E-state index >= 15 is 0 Å². The summed E-state index contributed by atoms with van der Waals surface area (Å²) in [5, 5.41) is 4.45. The molecule has 8 nitrogen and oxygen atoms in total. The second-order valence-corrected chi connectivity index (χ2v) is 11.2. The lowest BCUT2D eigenvalue weighted by Crippen LogP contribution is -2.48. The number of piperidine rings is 3. The van der Waals surface area contributed by atoms with Crippen LogP contribution in [0.3, 0.4) is 0 Å². The first-order chi connectivity index (χ1) is 19.0. The Morgan fingerprint density at radius 2 is 1.51 bits per heavy atom. The minimum Gasteiger partial charge on any atom is -0.444 e. The van der Waals surface area contributed by atoms with E-state index in [0.717, 1.165) is 74.9 Å². The highest BCUT2D eigenvalue weighted by molar-refractivity contribution is 6.00. The average Bonchev–Trinajstić information content (AvgIpc) is 2.97. The van der Waals surface area contributed by atoms with E-state index in [9.17, 15) is 14.4 Å². The number of benzene rings is 2. The molecule has 2 aromatic carbocycles. The van der Waals surface area contributed by atoms with E-state index in [1.807, 2.05) is 47.5 Å². The third-order valence-corrected chi connectivity index (χ3v) is 8.64. The maximum atomic E-state index is 12.2. The summed E-state index contributed by atoms with van der Waals surface area (Å²) in [7, 11) is 0. The lowest BCUT2D eigenvalue weighted by molar-refractivity contribution is -0.134. The highest BCUT2D eigenvalue weighted by Gasteiger charge is 2.30. The number of imide groups is 1. The van der Waals surface area contributed by atoms with Gasteiger partial charge < -0.3 is 9.64 Å². The molecule has 3 aliphatic rings. The molecule has 1 unspecified atom stereocenters. The van der Waals surface area contributed by atoms with Crippen molar-refractivity contribution in [3.63, 3.8) is 0 Å². The maximum Gasteiger partial charge on any atom is 0.422 e. The van der Waals surface area contributed by atoms with Gasteiger partial charge in [0.15, 0.2) is 0 Å². The summed E-state index contributed by atoms with van der Waals surface area (Å²) in [6.07, 6.45) is 6.34. The van der Waals surface area contributed by atoms with Crippen molar-refractivity contribution >= 4 is 17.9 Å². The summed E-state index contributed by atoms with van der Waals surface area (Å²) < 4.78 is 5.36. The first-order valence-electron chi connectivity index (χ1n) is 14.4. The van der Waals surface area contributed by atoms with Crippen LogP contribution >= 0.6 is 0 Å². The van der Waals surface area contributed by atoms with Gasteiger partial charge in [0.25, 0.3) is 0 Å². The van der Waals surface area contributed by atoms with Crippen molar-refractivity contribution in [1.82, 2.24) is 20.7 Å².